The Bertz CT molecular complexity index is 766. The van der Waals surface area contributed by atoms with E-state index >= 15 is 0 Å². The van der Waals surface area contributed by atoms with Crippen molar-refractivity contribution in [2.45, 2.75) is 51.6 Å². The fraction of sp³-hybridized carbons (Fsp3) is 0.526. The summed E-state index contributed by atoms with van der Waals surface area (Å²) in [5.74, 6) is 0.523. The van der Waals surface area contributed by atoms with E-state index in [1.54, 1.807) is 19.1 Å². The lowest BCUT2D eigenvalue weighted by atomic mass is 9.92. The molecule has 2 aliphatic rings. The largest absolute Gasteiger partial charge is 0.454 e. The van der Waals surface area contributed by atoms with Gasteiger partial charge in [-0.1, -0.05) is 19.4 Å². The first-order valence-electron chi connectivity index (χ1n) is 9.14. The Labute approximate surface area is 158 Å². The summed E-state index contributed by atoms with van der Waals surface area (Å²) in [5.41, 5.74) is -0.279. The number of benzene rings is 1. The number of carbonyl (C=O) groups is 3. The van der Waals surface area contributed by atoms with Gasteiger partial charge in [-0.25, -0.2) is 4.79 Å². The van der Waals surface area contributed by atoms with E-state index in [1.165, 1.54) is 0 Å². The van der Waals surface area contributed by atoms with Crippen LogP contribution in [-0.2, 0) is 16.0 Å². The number of ether oxygens (including phenoxy) is 2. The van der Waals surface area contributed by atoms with Gasteiger partial charge in [-0.3, -0.25) is 14.5 Å². The normalized spacial score (nSPS) is 22.0. The van der Waals surface area contributed by atoms with E-state index < -0.39 is 17.5 Å². The monoisotopic (exact) mass is 375 g/mol. The van der Waals surface area contributed by atoms with Crippen LogP contribution in [0.15, 0.2) is 18.2 Å². The predicted molar refractivity (Wildman–Crippen MR) is 97.4 cm³/mol. The van der Waals surface area contributed by atoms with Gasteiger partial charge in [0.05, 0.1) is 0 Å². The summed E-state index contributed by atoms with van der Waals surface area (Å²) >= 11 is 0. The molecule has 1 fully saturated rings. The van der Waals surface area contributed by atoms with E-state index in [0.29, 0.717) is 17.9 Å². The first-order valence-corrected chi connectivity index (χ1v) is 9.14. The molecule has 2 atom stereocenters. The molecule has 8 nitrogen and oxygen atoms in total. The topological polar surface area (TPSA) is 97.0 Å². The molecular formula is C19H25N3O5. The fourth-order valence-corrected chi connectivity index (χ4v) is 3.44. The van der Waals surface area contributed by atoms with E-state index in [4.69, 9.17) is 9.47 Å². The van der Waals surface area contributed by atoms with Crippen molar-refractivity contribution in [3.05, 3.63) is 23.8 Å². The van der Waals surface area contributed by atoms with E-state index in [0.717, 1.165) is 23.3 Å². The van der Waals surface area contributed by atoms with E-state index in [-0.39, 0.29) is 25.3 Å². The quantitative estimate of drug-likeness (QED) is 0.705. The van der Waals surface area contributed by atoms with E-state index in [1.807, 2.05) is 19.9 Å². The molecule has 146 valence electrons. The molecule has 0 saturated carbocycles. The van der Waals surface area contributed by atoms with Crippen LogP contribution in [0.5, 0.6) is 11.5 Å². The van der Waals surface area contributed by atoms with Gasteiger partial charge in [0.2, 0.25) is 12.7 Å². The van der Waals surface area contributed by atoms with Gasteiger partial charge in [-0.15, -0.1) is 0 Å². The molecule has 2 heterocycles. The molecule has 0 spiro atoms. The second kappa shape index (κ2) is 7.46. The van der Waals surface area contributed by atoms with Crippen molar-refractivity contribution in [2.75, 3.05) is 13.3 Å². The summed E-state index contributed by atoms with van der Waals surface area (Å²) in [4.78, 5) is 38.3. The van der Waals surface area contributed by atoms with Crippen LogP contribution in [0.3, 0.4) is 0 Å². The standard InChI is InChI=1S/C19H25N3O5/c1-4-5-12(2)20-16(23)10-22-17(24)19(3,21-18(22)25)9-13-6-7-14-15(8-13)27-11-26-14/h6-8,12H,4-5,9-11H2,1-3H3,(H,20,23)(H,21,25)/t12-,19-/m1/s1. The third-order valence-corrected chi connectivity index (χ3v) is 4.77. The Morgan fingerprint density at radius 1 is 1.33 bits per heavy atom. The minimum atomic E-state index is -1.11. The molecule has 8 heteroatoms. The second-order valence-corrected chi connectivity index (χ2v) is 7.28. The SMILES string of the molecule is CCC[C@@H](C)NC(=O)CN1C(=O)N[C@](C)(Cc2ccc3c(c2)OCO3)C1=O. The van der Waals surface area contributed by atoms with Crippen LogP contribution in [0.25, 0.3) is 0 Å². The van der Waals surface area contributed by atoms with Gasteiger partial charge in [0.15, 0.2) is 11.5 Å². The van der Waals surface area contributed by atoms with E-state index in [2.05, 4.69) is 10.6 Å². The number of rotatable bonds is 7. The van der Waals surface area contributed by atoms with Crippen LogP contribution in [0.4, 0.5) is 4.79 Å². The van der Waals surface area contributed by atoms with Crippen molar-refractivity contribution in [3.63, 3.8) is 0 Å². The molecule has 0 aliphatic carbocycles. The number of imide groups is 1. The molecule has 3 rings (SSSR count). The van der Waals surface area contributed by atoms with Crippen molar-refractivity contribution in [1.82, 2.24) is 15.5 Å². The van der Waals surface area contributed by atoms with Gasteiger partial charge in [0, 0.05) is 12.5 Å². The highest BCUT2D eigenvalue weighted by atomic mass is 16.7. The number of hydrogen-bond acceptors (Lipinski definition) is 5. The Balaban J connectivity index is 1.66. The predicted octanol–water partition coefficient (Wildman–Crippen LogP) is 1.57. The molecule has 0 unspecified atom stereocenters. The number of amides is 4. The minimum Gasteiger partial charge on any atom is -0.454 e. The Kier molecular flexibility index (Phi) is 5.25. The van der Waals surface area contributed by atoms with Gasteiger partial charge in [0.25, 0.3) is 5.91 Å². The van der Waals surface area contributed by atoms with Crippen LogP contribution in [0.2, 0.25) is 0 Å². The summed E-state index contributed by atoms with van der Waals surface area (Å²) in [6.45, 7) is 5.48. The lowest BCUT2D eigenvalue weighted by molar-refractivity contribution is -0.134. The lowest BCUT2D eigenvalue weighted by Gasteiger charge is -2.22. The first-order chi connectivity index (χ1) is 12.8. The molecule has 1 aromatic rings. The maximum Gasteiger partial charge on any atom is 0.325 e. The Morgan fingerprint density at radius 2 is 2.07 bits per heavy atom. The summed E-state index contributed by atoms with van der Waals surface area (Å²) in [5, 5.41) is 5.53. The van der Waals surface area contributed by atoms with Crippen molar-refractivity contribution >= 4 is 17.8 Å². The number of nitrogens with one attached hydrogen (secondary N) is 2. The Hall–Kier alpha value is -2.77. The summed E-state index contributed by atoms with van der Waals surface area (Å²) in [6.07, 6.45) is 2.07. The zero-order chi connectivity index (χ0) is 19.6. The number of urea groups is 1. The number of carbonyl (C=O) groups excluding carboxylic acids is 3. The van der Waals surface area contributed by atoms with Gasteiger partial charge in [-0.2, -0.15) is 0 Å². The minimum absolute atomic E-state index is 0.00304. The molecule has 0 radical (unpaired) electrons. The number of nitrogens with zero attached hydrogens (tertiary/aromatic N) is 1. The van der Waals surface area contributed by atoms with Crippen LogP contribution in [0.1, 0.15) is 39.2 Å². The maximum absolute atomic E-state index is 12.8. The highest BCUT2D eigenvalue weighted by molar-refractivity contribution is 6.08. The summed E-state index contributed by atoms with van der Waals surface area (Å²) < 4.78 is 10.6. The van der Waals surface area contributed by atoms with Crippen molar-refractivity contribution in [1.29, 1.82) is 0 Å². The third kappa shape index (κ3) is 3.99. The number of hydrogen-bond donors (Lipinski definition) is 2. The van der Waals surface area contributed by atoms with Gasteiger partial charge in [-0.05, 0) is 38.0 Å². The summed E-state index contributed by atoms with van der Waals surface area (Å²) in [6, 6.07) is 4.86. The average molecular weight is 375 g/mol. The first kappa shape index (κ1) is 19.0. The van der Waals surface area contributed by atoms with Crippen molar-refractivity contribution in [2.24, 2.45) is 0 Å². The van der Waals surface area contributed by atoms with Gasteiger partial charge >= 0.3 is 6.03 Å². The highest BCUT2D eigenvalue weighted by Gasteiger charge is 2.48. The van der Waals surface area contributed by atoms with Crippen LogP contribution in [-0.4, -0.2) is 47.7 Å². The zero-order valence-electron chi connectivity index (χ0n) is 15.8. The molecule has 27 heavy (non-hydrogen) atoms. The van der Waals surface area contributed by atoms with Gasteiger partial charge in [0.1, 0.15) is 12.1 Å². The molecular weight excluding hydrogens is 350 g/mol. The van der Waals surface area contributed by atoms with Crippen LogP contribution in [0, 0.1) is 0 Å². The molecule has 2 N–H and O–H groups in total. The van der Waals surface area contributed by atoms with Crippen molar-refractivity contribution in [3.8, 4) is 11.5 Å². The summed E-state index contributed by atoms with van der Waals surface area (Å²) in [7, 11) is 0. The molecule has 4 amide bonds. The molecule has 1 aromatic carbocycles. The highest BCUT2D eigenvalue weighted by Crippen LogP contribution is 2.34. The molecule has 2 aliphatic heterocycles. The maximum atomic E-state index is 12.8. The Morgan fingerprint density at radius 3 is 2.81 bits per heavy atom. The fourth-order valence-electron chi connectivity index (χ4n) is 3.44. The second-order valence-electron chi connectivity index (χ2n) is 7.28. The van der Waals surface area contributed by atoms with Crippen molar-refractivity contribution < 1.29 is 23.9 Å². The van der Waals surface area contributed by atoms with Crippen LogP contribution >= 0.6 is 0 Å². The third-order valence-electron chi connectivity index (χ3n) is 4.77. The van der Waals surface area contributed by atoms with Crippen LogP contribution < -0.4 is 20.1 Å². The number of fused-ring (bicyclic) bond motifs is 1. The zero-order valence-corrected chi connectivity index (χ0v) is 15.8. The average Bonchev–Trinajstić information content (AvgIpc) is 3.13. The molecule has 0 aromatic heterocycles. The lowest BCUT2D eigenvalue weighted by Crippen LogP contribution is -2.47. The van der Waals surface area contributed by atoms with E-state index in [9.17, 15) is 14.4 Å². The molecule has 1 saturated heterocycles. The van der Waals surface area contributed by atoms with Gasteiger partial charge < -0.3 is 20.1 Å². The molecule has 0 bridgehead atoms. The smallest absolute Gasteiger partial charge is 0.325 e.